The lowest BCUT2D eigenvalue weighted by molar-refractivity contribution is -0.283. The second kappa shape index (κ2) is 8.89. The molecule has 0 amide bonds. The molecule has 2 aliphatic rings. The van der Waals surface area contributed by atoms with Crippen molar-refractivity contribution in [3.8, 4) is 11.5 Å². The van der Waals surface area contributed by atoms with Crippen LogP contribution in [0.5, 0.6) is 11.5 Å². The van der Waals surface area contributed by atoms with Gasteiger partial charge in [-0.2, -0.15) is 0 Å². The van der Waals surface area contributed by atoms with Crippen LogP contribution in [0.1, 0.15) is 18.4 Å². The Kier molecular flexibility index (Phi) is 6.53. The van der Waals surface area contributed by atoms with Gasteiger partial charge in [-0.25, -0.2) is 0 Å². The van der Waals surface area contributed by atoms with Gasteiger partial charge in [0.2, 0.25) is 6.29 Å². The summed E-state index contributed by atoms with van der Waals surface area (Å²) in [5.41, 5.74) is 0.244. The molecule has 6 atom stereocenters. The van der Waals surface area contributed by atoms with Crippen molar-refractivity contribution in [1.82, 2.24) is 0 Å². The van der Waals surface area contributed by atoms with Gasteiger partial charge in [0.25, 0.3) is 0 Å². The average molecular weight is 396 g/mol. The normalized spacial score (nSPS) is 32.3. The fraction of sp³-hybridized carbons (Fsp3) is 0.526. The number of hydrogen-bond donors (Lipinski definition) is 5. The maximum atomic E-state index is 12.4. The molecule has 0 bridgehead atoms. The molecule has 28 heavy (non-hydrogen) atoms. The average Bonchev–Trinajstić information content (AvgIpc) is 3.23. The van der Waals surface area contributed by atoms with E-state index in [4.69, 9.17) is 14.2 Å². The molecule has 1 heterocycles. The zero-order valence-corrected chi connectivity index (χ0v) is 15.0. The summed E-state index contributed by atoms with van der Waals surface area (Å²) in [5.74, 6) is -0.993. The van der Waals surface area contributed by atoms with Gasteiger partial charge in [-0.05, 0) is 31.0 Å². The van der Waals surface area contributed by atoms with Gasteiger partial charge in [-0.1, -0.05) is 12.2 Å². The Bertz CT molecular complexity index is 719. The molecular weight excluding hydrogens is 372 g/mol. The second-order valence-corrected chi connectivity index (χ2v) is 6.79. The topological polar surface area (TPSA) is 146 Å². The SMILES string of the molecule is O=C(O[C@@H]1[C@@H](Oc2ccc(O)cc2CO)O[C@@H](CO)[C@H](O)[C@H]1O)[C@@H]1C=CCC1. The predicted molar refractivity (Wildman–Crippen MR) is 94.2 cm³/mol. The van der Waals surface area contributed by atoms with E-state index in [9.17, 15) is 30.3 Å². The van der Waals surface area contributed by atoms with E-state index in [0.717, 1.165) is 6.42 Å². The summed E-state index contributed by atoms with van der Waals surface area (Å²) in [7, 11) is 0. The molecule has 5 N–H and O–H groups in total. The number of carbonyl (C=O) groups excluding carboxylic acids is 1. The number of hydrogen-bond acceptors (Lipinski definition) is 9. The number of benzene rings is 1. The molecule has 1 saturated heterocycles. The molecule has 0 radical (unpaired) electrons. The van der Waals surface area contributed by atoms with Gasteiger partial charge in [0, 0.05) is 5.56 Å². The van der Waals surface area contributed by atoms with Crippen LogP contribution in [0, 0.1) is 5.92 Å². The molecule has 1 aliphatic carbocycles. The van der Waals surface area contributed by atoms with Crippen LogP contribution in [0.2, 0.25) is 0 Å². The quantitative estimate of drug-likeness (QED) is 0.320. The Morgan fingerprint density at radius 1 is 1.21 bits per heavy atom. The van der Waals surface area contributed by atoms with E-state index in [2.05, 4.69) is 0 Å². The van der Waals surface area contributed by atoms with Crippen LogP contribution in [0.15, 0.2) is 30.4 Å². The standard InChI is InChI=1S/C19H24O9/c20-8-11-7-12(22)5-6-13(11)26-19-17(16(24)15(23)14(9-21)27-19)28-18(25)10-3-1-2-4-10/h1,3,5-7,10,14-17,19-24H,2,4,8-9H2/t10-,14+,15+,16-,17+,19+/m1/s1. The molecule has 1 aromatic carbocycles. The molecule has 1 aliphatic heterocycles. The van der Waals surface area contributed by atoms with Crippen molar-refractivity contribution in [2.45, 2.75) is 50.2 Å². The minimum Gasteiger partial charge on any atom is -0.508 e. The third kappa shape index (κ3) is 4.29. The zero-order valence-electron chi connectivity index (χ0n) is 15.0. The summed E-state index contributed by atoms with van der Waals surface area (Å²) < 4.78 is 16.6. The van der Waals surface area contributed by atoms with E-state index in [0.29, 0.717) is 6.42 Å². The lowest BCUT2D eigenvalue weighted by Gasteiger charge is -2.41. The van der Waals surface area contributed by atoms with E-state index in [-0.39, 0.29) is 17.1 Å². The molecule has 1 fully saturated rings. The molecule has 0 spiro atoms. The smallest absolute Gasteiger partial charge is 0.313 e. The molecule has 3 rings (SSSR count). The lowest BCUT2D eigenvalue weighted by Crippen LogP contribution is -2.61. The second-order valence-electron chi connectivity index (χ2n) is 6.79. The fourth-order valence-electron chi connectivity index (χ4n) is 3.26. The first-order chi connectivity index (χ1) is 13.4. The highest BCUT2D eigenvalue weighted by molar-refractivity contribution is 5.75. The number of allylic oxidation sites excluding steroid dienone is 1. The predicted octanol–water partition coefficient (Wildman–Crippen LogP) is -0.420. The molecule has 0 aromatic heterocycles. The van der Waals surface area contributed by atoms with Crippen molar-refractivity contribution >= 4 is 5.97 Å². The number of aromatic hydroxyl groups is 1. The zero-order chi connectivity index (χ0) is 20.3. The van der Waals surface area contributed by atoms with Gasteiger partial charge in [-0.15, -0.1) is 0 Å². The van der Waals surface area contributed by atoms with E-state index in [1.165, 1.54) is 18.2 Å². The molecule has 154 valence electrons. The number of aliphatic hydroxyl groups is 4. The summed E-state index contributed by atoms with van der Waals surface area (Å²) >= 11 is 0. The molecule has 0 saturated carbocycles. The molecule has 9 heteroatoms. The van der Waals surface area contributed by atoms with Crippen molar-refractivity contribution in [2.75, 3.05) is 6.61 Å². The van der Waals surface area contributed by atoms with Crippen LogP contribution in [0.4, 0.5) is 0 Å². The molecule has 0 unspecified atom stereocenters. The van der Waals surface area contributed by atoms with Gasteiger partial charge in [0.1, 0.15) is 29.8 Å². The van der Waals surface area contributed by atoms with E-state index < -0.39 is 55.8 Å². The van der Waals surface area contributed by atoms with Crippen molar-refractivity contribution in [2.24, 2.45) is 5.92 Å². The minimum atomic E-state index is -1.56. The Hall–Kier alpha value is -2.17. The molecule has 1 aromatic rings. The number of phenolic OH excluding ortho intramolecular Hbond substituents is 1. The Morgan fingerprint density at radius 3 is 2.64 bits per heavy atom. The third-order valence-electron chi connectivity index (χ3n) is 4.85. The number of phenols is 1. The summed E-state index contributed by atoms with van der Waals surface area (Å²) in [6, 6.07) is 4.00. The Morgan fingerprint density at radius 2 is 2.00 bits per heavy atom. The van der Waals surface area contributed by atoms with Crippen LogP contribution < -0.4 is 4.74 Å². The molecular formula is C19H24O9. The summed E-state index contributed by atoms with van der Waals surface area (Å²) in [6.07, 6.45) is -2.01. The maximum Gasteiger partial charge on any atom is 0.313 e. The van der Waals surface area contributed by atoms with Crippen molar-refractivity contribution < 1.29 is 44.5 Å². The summed E-state index contributed by atoms with van der Waals surface area (Å²) in [6.45, 7) is -1.03. The van der Waals surface area contributed by atoms with Crippen LogP contribution in [0.25, 0.3) is 0 Å². The highest BCUT2D eigenvalue weighted by Gasteiger charge is 2.48. The lowest BCUT2D eigenvalue weighted by atomic mass is 9.98. The monoisotopic (exact) mass is 396 g/mol. The van der Waals surface area contributed by atoms with Crippen LogP contribution in [-0.4, -0.2) is 68.8 Å². The van der Waals surface area contributed by atoms with Gasteiger partial charge >= 0.3 is 5.97 Å². The van der Waals surface area contributed by atoms with Crippen molar-refractivity contribution in [3.05, 3.63) is 35.9 Å². The third-order valence-corrected chi connectivity index (χ3v) is 4.85. The van der Waals surface area contributed by atoms with Crippen LogP contribution >= 0.6 is 0 Å². The first-order valence-electron chi connectivity index (χ1n) is 9.03. The number of esters is 1. The van der Waals surface area contributed by atoms with Gasteiger partial charge in [0.15, 0.2) is 6.10 Å². The molecule has 9 nitrogen and oxygen atoms in total. The highest BCUT2D eigenvalue weighted by Crippen LogP contribution is 2.31. The number of ether oxygens (including phenoxy) is 3. The summed E-state index contributed by atoms with van der Waals surface area (Å²) in [5, 5.41) is 49.0. The first kappa shape index (κ1) is 20.6. The largest absolute Gasteiger partial charge is 0.508 e. The fourth-order valence-corrected chi connectivity index (χ4v) is 3.26. The van der Waals surface area contributed by atoms with E-state index in [1.54, 1.807) is 6.08 Å². The van der Waals surface area contributed by atoms with Gasteiger partial charge in [-0.3, -0.25) is 4.79 Å². The summed E-state index contributed by atoms with van der Waals surface area (Å²) in [4.78, 5) is 12.4. The van der Waals surface area contributed by atoms with Gasteiger partial charge in [0.05, 0.1) is 19.1 Å². The Labute approximate surface area is 161 Å². The van der Waals surface area contributed by atoms with Crippen LogP contribution in [-0.2, 0) is 20.9 Å². The minimum absolute atomic E-state index is 0.0827. The van der Waals surface area contributed by atoms with E-state index >= 15 is 0 Å². The van der Waals surface area contributed by atoms with E-state index in [1.807, 2.05) is 6.08 Å². The highest BCUT2D eigenvalue weighted by atomic mass is 16.7. The van der Waals surface area contributed by atoms with Crippen molar-refractivity contribution in [3.63, 3.8) is 0 Å². The van der Waals surface area contributed by atoms with Gasteiger partial charge < -0.3 is 39.7 Å². The number of carbonyl (C=O) groups is 1. The first-order valence-corrected chi connectivity index (χ1v) is 9.03. The number of rotatable bonds is 6. The number of aliphatic hydroxyl groups excluding tert-OH is 4. The van der Waals surface area contributed by atoms with Crippen LogP contribution in [0.3, 0.4) is 0 Å². The Balaban J connectivity index is 1.83. The maximum absolute atomic E-state index is 12.4. The van der Waals surface area contributed by atoms with Crippen molar-refractivity contribution in [1.29, 1.82) is 0 Å².